The molecule has 176 valence electrons. The highest BCUT2D eigenvalue weighted by Gasteiger charge is 2.34. The molecule has 5 nitrogen and oxygen atoms in total. The lowest BCUT2D eigenvalue weighted by atomic mass is 9.97. The molecule has 0 spiro atoms. The maximum atomic E-state index is 9.08. The molecule has 0 saturated carbocycles. The highest BCUT2D eigenvalue weighted by atomic mass is 35.5. The standard InChI is InChI=1S/C27H27Cl2N3O2/c1-19-16-31(17-21-4-2-20(15-30)3-5-21)18-27(22-6-8-23(28)9-7-22)32(19)26-11-10-24(14-25(26)29)34-13-12-33/h2-11,14,19,27,33H,12-13,16-18H2,1H3/t19-,27+/m1/s1. The predicted molar refractivity (Wildman–Crippen MR) is 137 cm³/mol. The SMILES string of the molecule is C[C@@H]1CN(Cc2ccc(C#N)cc2)C[C@@H](c2ccc(Cl)cc2)N1c1ccc(OCCO)cc1Cl. The van der Waals surface area contributed by atoms with Crippen LogP contribution in [0.4, 0.5) is 5.69 Å². The molecular formula is C27H27Cl2N3O2. The third-order valence-corrected chi connectivity index (χ3v) is 6.62. The Kier molecular flexibility index (Phi) is 7.97. The quantitative estimate of drug-likeness (QED) is 0.456. The van der Waals surface area contributed by atoms with Crippen molar-refractivity contribution < 1.29 is 9.84 Å². The van der Waals surface area contributed by atoms with E-state index in [4.69, 9.17) is 38.3 Å². The van der Waals surface area contributed by atoms with Crippen LogP contribution in [0.15, 0.2) is 66.7 Å². The summed E-state index contributed by atoms with van der Waals surface area (Å²) in [6.07, 6.45) is 0. The van der Waals surface area contributed by atoms with Crippen molar-refractivity contribution >= 4 is 28.9 Å². The molecule has 1 saturated heterocycles. The van der Waals surface area contributed by atoms with Crippen molar-refractivity contribution in [2.75, 3.05) is 31.2 Å². The van der Waals surface area contributed by atoms with E-state index in [0.717, 1.165) is 30.9 Å². The number of rotatable bonds is 7. The Labute approximate surface area is 210 Å². The van der Waals surface area contributed by atoms with Gasteiger partial charge in [0.05, 0.1) is 35.0 Å². The summed E-state index contributed by atoms with van der Waals surface area (Å²) in [4.78, 5) is 4.81. The van der Waals surface area contributed by atoms with Gasteiger partial charge in [0.25, 0.3) is 0 Å². The highest BCUT2D eigenvalue weighted by molar-refractivity contribution is 6.33. The Morgan fingerprint density at radius 2 is 1.76 bits per heavy atom. The van der Waals surface area contributed by atoms with Gasteiger partial charge in [-0.15, -0.1) is 0 Å². The van der Waals surface area contributed by atoms with Crippen molar-refractivity contribution in [3.63, 3.8) is 0 Å². The molecule has 0 amide bonds. The zero-order valence-electron chi connectivity index (χ0n) is 19.0. The minimum Gasteiger partial charge on any atom is -0.491 e. The zero-order valence-corrected chi connectivity index (χ0v) is 20.5. The van der Waals surface area contributed by atoms with Gasteiger partial charge < -0.3 is 14.7 Å². The number of anilines is 1. The fourth-order valence-corrected chi connectivity index (χ4v) is 4.95. The lowest BCUT2D eigenvalue weighted by Gasteiger charge is -2.47. The van der Waals surface area contributed by atoms with E-state index < -0.39 is 0 Å². The van der Waals surface area contributed by atoms with Crippen LogP contribution in [0, 0.1) is 11.3 Å². The molecular weight excluding hydrogens is 469 g/mol. The normalized spacial score (nSPS) is 18.5. The van der Waals surface area contributed by atoms with E-state index >= 15 is 0 Å². The second kappa shape index (κ2) is 11.1. The van der Waals surface area contributed by atoms with E-state index in [0.29, 0.717) is 21.4 Å². The average molecular weight is 496 g/mol. The van der Waals surface area contributed by atoms with Crippen LogP contribution in [0.25, 0.3) is 0 Å². The summed E-state index contributed by atoms with van der Waals surface area (Å²) in [6.45, 7) is 4.87. The molecule has 0 bridgehead atoms. The summed E-state index contributed by atoms with van der Waals surface area (Å²) in [5.41, 5.74) is 3.96. The number of nitrogens with zero attached hydrogens (tertiary/aromatic N) is 3. The first kappa shape index (κ1) is 24.4. The minimum absolute atomic E-state index is 0.0454. The third kappa shape index (κ3) is 5.65. The van der Waals surface area contributed by atoms with Gasteiger partial charge >= 0.3 is 0 Å². The Morgan fingerprint density at radius 1 is 1.03 bits per heavy atom. The largest absolute Gasteiger partial charge is 0.491 e. The molecule has 34 heavy (non-hydrogen) atoms. The van der Waals surface area contributed by atoms with Crippen molar-refractivity contribution in [1.29, 1.82) is 5.26 Å². The first-order valence-corrected chi connectivity index (χ1v) is 12.0. The molecule has 0 aromatic heterocycles. The smallest absolute Gasteiger partial charge is 0.121 e. The van der Waals surface area contributed by atoms with E-state index in [1.165, 1.54) is 5.56 Å². The predicted octanol–water partition coefficient (Wildman–Crippen LogP) is 5.69. The summed E-state index contributed by atoms with van der Waals surface area (Å²) in [5.74, 6) is 0.637. The summed E-state index contributed by atoms with van der Waals surface area (Å²) in [5, 5.41) is 19.4. The van der Waals surface area contributed by atoms with Crippen LogP contribution in [0.3, 0.4) is 0 Å². The molecule has 7 heteroatoms. The number of aliphatic hydroxyl groups excluding tert-OH is 1. The van der Waals surface area contributed by atoms with Crippen molar-refractivity contribution in [2.45, 2.75) is 25.6 Å². The van der Waals surface area contributed by atoms with E-state index in [1.54, 1.807) is 6.07 Å². The van der Waals surface area contributed by atoms with Crippen molar-refractivity contribution in [1.82, 2.24) is 4.90 Å². The van der Waals surface area contributed by atoms with Gasteiger partial charge in [-0.3, -0.25) is 4.90 Å². The second-order valence-corrected chi connectivity index (χ2v) is 9.36. The lowest BCUT2D eigenvalue weighted by Crippen LogP contribution is -2.53. The lowest BCUT2D eigenvalue weighted by molar-refractivity contribution is 0.187. The Balaban J connectivity index is 1.63. The van der Waals surface area contributed by atoms with Crippen molar-refractivity contribution in [3.05, 3.63) is 93.5 Å². The third-order valence-electron chi connectivity index (χ3n) is 6.07. The molecule has 3 aromatic carbocycles. The van der Waals surface area contributed by atoms with Gasteiger partial charge in [-0.25, -0.2) is 0 Å². The molecule has 4 rings (SSSR count). The molecule has 1 aliphatic rings. The van der Waals surface area contributed by atoms with Crippen LogP contribution >= 0.6 is 23.2 Å². The number of hydrogen-bond donors (Lipinski definition) is 1. The average Bonchev–Trinajstić information content (AvgIpc) is 2.84. The van der Waals surface area contributed by atoms with Crippen LogP contribution in [0.5, 0.6) is 5.75 Å². The number of hydrogen-bond acceptors (Lipinski definition) is 5. The summed E-state index contributed by atoms with van der Waals surface area (Å²) in [6, 6.07) is 23.9. The second-order valence-electron chi connectivity index (χ2n) is 8.51. The summed E-state index contributed by atoms with van der Waals surface area (Å²) in [7, 11) is 0. The fourth-order valence-electron chi connectivity index (χ4n) is 4.55. The molecule has 0 unspecified atom stereocenters. The molecule has 1 aliphatic heterocycles. The summed E-state index contributed by atoms with van der Waals surface area (Å²) < 4.78 is 5.53. The minimum atomic E-state index is -0.0454. The zero-order chi connectivity index (χ0) is 24.1. The molecule has 2 atom stereocenters. The van der Waals surface area contributed by atoms with Crippen LogP contribution in [-0.2, 0) is 6.54 Å². The van der Waals surface area contributed by atoms with E-state index in [9.17, 15) is 0 Å². The van der Waals surface area contributed by atoms with Gasteiger partial charge in [-0.2, -0.15) is 5.26 Å². The first-order chi connectivity index (χ1) is 16.5. The fraction of sp³-hybridized carbons (Fsp3) is 0.296. The van der Waals surface area contributed by atoms with Gasteiger partial charge in [0.1, 0.15) is 12.4 Å². The molecule has 1 N–H and O–H groups in total. The Hall–Kier alpha value is -2.75. The van der Waals surface area contributed by atoms with E-state index in [1.807, 2.05) is 48.5 Å². The Morgan fingerprint density at radius 3 is 2.41 bits per heavy atom. The number of nitriles is 1. The first-order valence-electron chi connectivity index (χ1n) is 11.3. The van der Waals surface area contributed by atoms with Gasteiger partial charge in [0.15, 0.2) is 0 Å². The number of halogens is 2. The van der Waals surface area contributed by atoms with Crippen molar-refractivity contribution in [2.24, 2.45) is 0 Å². The van der Waals surface area contributed by atoms with Gasteiger partial charge in [0, 0.05) is 36.8 Å². The number of aliphatic hydroxyl groups is 1. The van der Waals surface area contributed by atoms with Gasteiger partial charge in [0.2, 0.25) is 0 Å². The van der Waals surface area contributed by atoms with Crippen molar-refractivity contribution in [3.8, 4) is 11.8 Å². The van der Waals surface area contributed by atoms with E-state index in [-0.39, 0.29) is 25.3 Å². The molecule has 0 aliphatic carbocycles. The van der Waals surface area contributed by atoms with E-state index in [2.05, 4.69) is 34.9 Å². The molecule has 3 aromatic rings. The molecule has 1 fully saturated rings. The van der Waals surface area contributed by atoms with Crippen LogP contribution < -0.4 is 9.64 Å². The summed E-state index contributed by atoms with van der Waals surface area (Å²) >= 11 is 12.9. The van der Waals surface area contributed by atoms with Gasteiger partial charge in [-0.1, -0.05) is 47.5 Å². The number of ether oxygens (including phenoxy) is 1. The number of piperazine rings is 1. The maximum Gasteiger partial charge on any atom is 0.121 e. The Bertz CT molecular complexity index is 1150. The van der Waals surface area contributed by atoms with Gasteiger partial charge in [-0.05, 0) is 54.4 Å². The van der Waals surface area contributed by atoms with Crippen LogP contribution in [0.2, 0.25) is 10.0 Å². The van der Waals surface area contributed by atoms with Crippen LogP contribution in [0.1, 0.15) is 29.7 Å². The monoisotopic (exact) mass is 495 g/mol. The number of benzene rings is 3. The highest BCUT2D eigenvalue weighted by Crippen LogP contribution is 2.39. The topological polar surface area (TPSA) is 59.7 Å². The molecule has 1 heterocycles. The van der Waals surface area contributed by atoms with Crippen LogP contribution in [-0.4, -0.2) is 42.4 Å². The molecule has 0 radical (unpaired) electrons. The maximum absolute atomic E-state index is 9.08.